The van der Waals surface area contributed by atoms with Gasteiger partial charge >= 0.3 is 0 Å². The SMILES string of the molecule is O=C(/C=N\Nc1cccc(O)c1)c1ccccc1Cl. The van der Waals surface area contributed by atoms with E-state index in [2.05, 4.69) is 10.5 Å². The molecule has 2 rings (SSSR count). The van der Waals surface area contributed by atoms with E-state index in [0.717, 1.165) is 6.21 Å². The van der Waals surface area contributed by atoms with Gasteiger partial charge in [-0.25, -0.2) is 0 Å². The highest BCUT2D eigenvalue weighted by atomic mass is 35.5. The number of phenolic OH excluding ortho intramolecular Hbond substituents is 1. The van der Waals surface area contributed by atoms with Crippen LogP contribution in [0.15, 0.2) is 53.6 Å². The topological polar surface area (TPSA) is 61.7 Å². The number of Topliss-reactive ketones (excluding diaryl/α,β-unsaturated/α-hetero) is 1. The number of hydrogen-bond acceptors (Lipinski definition) is 4. The van der Waals surface area contributed by atoms with Crippen LogP contribution in [0.4, 0.5) is 5.69 Å². The summed E-state index contributed by atoms with van der Waals surface area (Å²) < 4.78 is 0. The Morgan fingerprint density at radius 1 is 1.21 bits per heavy atom. The van der Waals surface area contributed by atoms with E-state index in [4.69, 9.17) is 11.6 Å². The Morgan fingerprint density at radius 3 is 2.74 bits per heavy atom. The molecule has 5 heteroatoms. The van der Waals surface area contributed by atoms with E-state index >= 15 is 0 Å². The lowest BCUT2D eigenvalue weighted by Crippen LogP contribution is -2.03. The number of nitrogens with one attached hydrogen (secondary N) is 1. The predicted molar refractivity (Wildman–Crippen MR) is 76.0 cm³/mol. The Kier molecular flexibility index (Phi) is 4.15. The molecule has 2 N–H and O–H groups in total. The third-order valence-electron chi connectivity index (χ3n) is 2.36. The van der Waals surface area contributed by atoms with E-state index in [9.17, 15) is 9.90 Å². The molecule has 0 saturated heterocycles. The lowest BCUT2D eigenvalue weighted by atomic mass is 10.1. The number of carbonyl (C=O) groups is 1. The Labute approximate surface area is 115 Å². The first-order valence-corrected chi connectivity index (χ1v) is 5.91. The van der Waals surface area contributed by atoms with Gasteiger partial charge in [-0.05, 0) is 24.3 Å². The van der Waals surface area contributed by atoms with Gasteiger partial charge in [0.15, 0.2) is 0 Å². The smallest absolute Gasteiger partial charge is 0.207 e. The molecule has 0 aliphatic carbocycles. The average molecular weight is 275 g/mol. The van der Waals surface area contributed by atoms with Gasteiger partial charge in [0.05, 0.1) is 16.9 Å². The molecule has 0 fully saturated rings. The fraction of sp³-hybridized carbons (Fsp3) is 0. The fourth-order valence-corrected chi connectivity index (χ4v) is 1.70. The lowest BCUT2D eigenvalue weighted by molar-refractivity contribution is 0.107. The van der Waals surface area contributed by atoms with Crippen LogP contribution in [0.3, 0.4) is 0 Å². The van der Waals surface area contributed by atoms with Crippen molar-refractivity contribution in [2.75, 3.05) is 5.43 Å². The molecule has 0 radical (unpaired) electrons. The van der Waals surface area contributed by atoms with Crippen LogP contribution in [-0.4, -0.2) is 17.1 Å². The number of ketones is 1. The molecule has 4 nitrogen and oxygen atoms in total. The van der Waals surface area contributed by atoms with Crippen LogP contribution >= 0.6 is 11.6 Å². The number of hydrazone groups is 1. The molecule has 0 unspecified atom stereocenters. The fourth-order valence-electron chi connectivity index (χ4n) is 1.47. The minimum Gasteiger partial charge on any atom is -0.508 e. The number of aromatic hydroxyl groups is 1. The number of rotatable bonds is 4. The summed E-state index contributed by atoms with van der Waals surface area (Å²) in [6, 6.07) is 13.2. The third kappa shape index (κ3) is 3.56. The summed E-state index contributed by atoms with van der Waals surface area (Å²) in [5.74, 6) is -0.170. The monoisotopic (exact) mass is 274 g/mol. The summed E-state index contributed by atoms with van der Waals surface area (Å²) in [4.78, 5) is 11.8. The number of hydrogen-bond donors (Lipinski definition) is 2. The Bertz CT molecular complexity index is 626. The van der Waals surface area contributed by atoms with Gasteiger partial charge in [0, 0.05) is 11.6 Å². The van der Waals surface area contributed by atoms with Gasteiger partial charge in [0.2, 0.25) is 5.78 Å². The van der Waals surface area contributed by atoms with Crippen LogP contribution in [0.1, 0.15) is 10.4 Å². The van der Waals surface area contributed by atoms with Crippen molar-refractivity contribution < 1.29 is 9.90 Å². The van der Waals surface area contributed by atoms with Crippen LogP contribution in [0.25, 0.3) is 0 Å². The summed E-state index contributed by atoms with van der Waals surface area (Å²) in [5, 5.41) is 13.5. The molecule has 0 aliphatic rings. The number of nitrogens with zero attached hydrogens (tertiary/aromatic N) is 1. The summed E-state index contributed by atoms with van der Waals surface area (Å²) in [6.45, 7) is 0. The molecule has 0 amide bonds. The maximum Gasteiger partial charge on any atom is 0.207 e. The van der Waals surface area contributed by atoms with E-state index in [1.807, 2.05) is 0 Å². The molecule has 0 heterocycles. The van der Waals surface area contributed by atoms with Crippen molar-refractivity contribution in [3.8, 4) is 5.75 Å². The van der Waals surface area contributed by atoms with Gasteiger partial charge in [-0.3, -0.25) is 10.2 Å². The standard InChI is InChI=1S/C14H11ClN2O2/c15-13-7-2-1-6-12(13)14(19)9-16-17-10-4-3-5-11(18)8-10/h1-9,17-18H/b16-9-. The summed E-state index contributed by atoms with van der Waals surface area (Å²) >= 11 is 5.90. The molecular formula is C14H11ClN2O2. The van der Waals surface area contributed by atoms with Crippen molar-refractivity contribution in [3.63, 3.8) is 0 Å². The molecule has 2 aromatic carbocycles. The van der Waals surface area contributed by atoms with Crippen molar-refractivity contribution in [2.45, 2.75) is 0 Å². The molecular weight excluding hydrogens is 264 g/mol. The van der Waals surface area contributed by atoms with Crippen LogP contribution in [0.2, 0.25) is 5.02 Å². The molecule has 2 aromatic rings. The van der Waals surface area contributed by atoms with Crippen molar-refractivity contribution in [1.29, 1.82) is 0 Å². The van der Waals surface area contributed by atoms with Gasteiger partial charge in [-0.15, -0.1) is 0 Å². The van der Waals surface area contributed by atoms with Gasteiger partial charge in [-0.2, -0.15) is 5.10 Å². The second-order valence-electron chi connectivity index (χ2n) is 3.76. The molecule has 96 valence electrons. The quantitative estimate of drug-likeness (QED) is 0.511. The first-order chi connectivity index (χ1) is 9.16. The summed E-state index contributed by atoms with van der Waals surface area (Å²) in [5.41, 5.74) is 3.63. The molecule has 0 spiro atoms. The highest BCUT2D eigenvalue weighted by Crippen LogP contribution is 2.16. The zero-order valence-corrected chi connectivity index (χ0v) is 10.6. The van der Waals surface area contributed by atoms with E-state index in [-0.39, 0.29) is 11.5 Å². The zero-order valence-electron chi connectivity index (χ0n) is 9.88. The minimum absolute atomic E-state index is 0.123. The summed E-state index contributed by atoms with van der Waals surface area (Å²) in [7, 11) is 0. The molecule has 0 atom stereocenters. The number of benzene rings is 2. The molecule has 0 aliphatic heterocycles. The van der Waals surface area contributed by atoms with Crippen molar-refractivity contribution in [3.05, 3.63) is 59.1 Å². The molecule has 0 aromatic heterocycles. The van der Waals surface area contributed by atoms with Gasteiger partial charge < -0.3 is 5.11 Å². The molecule has 0 saturated carbocycles. The largest absolute Gasteiger partial charge is 0.508 e. The molecule has 19 heavy (non-hydrogen) atoms. The van der Waals surface area contributed by atoms with Crippen LogP contribution in [0.5, 0.6) is 5.75 Å². The van der Waals surface area contributed by atoms with E-state index in [0.29, 0.717) is 16.3 Å². The first kappa shape index (κ1) is 13.1. The lowest BCUT2D eigenvalue weighted by Gasteiger charge is -2.00. The maximum atomic E-state index is 11.8. The van der Waals surface area contributed by atoms with Gasteiger partial charge in [0.1, 0.15) is 5.75 Å². The van der Waals surface area contributed by atoms with Crippen molar-refractivity contribution >= 4 is 29.3 Å². The van der Waals surface area contributed by atoms with E-state index < -0.39 is 0 Å². The average Bonchev–Trinajstić information content (AvgIpc) is 2.39. The van der Waals surface area contributed by atoms with Crippen molar-refractivity contribution in [1.82, 2.24) is 0 Å². The Hall–Kier alpha value is -2.33. The second kappa shape index (κ2) is 6.02. The van der Waals surface area contributed by atoms with Crippen LogP contribution in [-0.2, 0) is 0 Å². The number of anilines is 1. The van der Waals surface area contributed by atoms with E-state index in [1.165, 1.54) is 6.07 Å². The highest BCUT2D eigenvalue weighted by molar-refractivity contribution is 6.42. The van der Waals surface area contributed by atoms with Gasteiger partial charge in [-0.1, -0.05) is 29.8 Å². The Morgan fingerprint density at radius 2 is 2.00 bits per heavy atom. The number of phenols is 1. The Balaban J connectivity index is 2.04. The predicted octanol–water partition coefficient (Wildman–Crippen LogP) is 3.33. The van der Waals surface area contributed by atoms with Crippen LogP contribution in [0, 0.1) is 0 Å². The first-order valence-electron chi connectivity index (χ1n) is 5.54. The number of carbonyl (C=O) groups excluding carboxylic acids is 1. The number of halogens is 1. The maximum absolute atomic E-state index is 11.8. The normalized spacial score (nSPS) is 10.6. The zero-order chi connectivity index (χ0) is 13.7. The highest BCUT2D eigenvalue weighted by Gasteiger charge is 2.06. The molecule has 0 bridgehead atoms. The second-order valence-corrected chi connectivity index (χ2v) is 4.17. The van der Waals surface area contributed by atoms with Crippen LogP contribution < -0.4 is 5.43 Å². The van der Waals surface area contributed by atoms with Gasteiger partial charge in [0.25, 0.3) is 0 Å². The van der Waals surface area contributed by atoms with Crippen molar-refractivity contribution in [2.24, 2.45) is 5.10 Å². The van der Waals surface area contributed by atoms with E-state index in [1.54, 1.807) is 42.5 Å². The minimum atomic E-state index is -0.293. The summed E-state index contributed by atoms with van der Waals surface area (Å²) in [6.07, 6.45) is 1.14. The third-order valence-corrected chi connectivity index (χ3v) is 2.69.